The largest absolute Gasteiger partial charge is 0.392 e. The number of halogens is 2. The Balaban J connectivity index is 2.54. The van der Waals surface area contributed by atoms with Crippen molar-refractivity contribution < 1.29 is 19.1 Å². The van der Waals surface area contributed by atoms with E-state index in [0.717, 1.165) is 6.07 Å². The van der Waals surface area contributed by atoms with Crippen LogP contribution in [0.25, 0.3) is 0 Å². The van der Waals surface area contributed by atoms with Crippen LogP contribution in [-0.4, -0.2) is 36.1 Å². The normalized spacial score (nSPS) is 11.8. The zero-order chi connectivity index (χ0) is 14.4. The summed E-state index contributed by atoms with van der Waals surface area (Å²) < 4.78 is 13.4. The number of aliphatic hydroxyl groups excluding tert-OH is 1. The van der Waals surface area contributed by atoms with E-state index in [1.807, 2.05) is 0 Å². The molecule has 0 heterocycles. The first-order valence-electron chi connectivity index (χ1n) is 5.58. The fraction of sp³-hybridized carbons (Fsp3) is 0.333. The fourth-order valence-electron chi connectivity index (χ4n) is 1.29. The summed E-state index contributed by atoms with van der Waals surface area (Å²) in [6, 6.07) is 3.87. The first-order valence-corrected chi connectivity index (χ1v) is 5.96. The van der Waals surface area contributed by atoms with E-state index in [9.17, 15) is 14.0 Å². The Bertz CT molecular complexity index is 460. The second-order valence-corrected chi connectivity index (χ2v) is 4.34. The van der Waals surface area contributed by atoms with Gasteiger partial charge in [0.25, 0.3) is 5.91 Å². The molecular weight excluding hydrogens is 275 g/mol. The maximum Gasteiger partial charge on any atom is 0.256 e. The average Bonchev–Trinajstić information content (AvgIpc) is 2.33. The van der Waals surface area contributed by atoms with Gasteiger partial charge in [0.1, 0.15) is 5.82 Å². The summed E-state index contributed by atoms with van der Waals surface area (Å²) in [6.45, 7) is 1.27. The van der Waals surface area contributed by atoms with E-state index < -0.39 is 23.7 Å². The Labute approximate surface area is 114 Å². The minimum absolute atomic E-state index is 0.0260. The molecule has 0 radical (unpaired) electrons. The number of carbonyl (C=O) groups is 2. The lowest BCUT2D eigenvalue weighted by Crippen LogP contribution is -2.39. The van der Waals surface area contributed by atoms with Gasteiger partial charge in [0, 0.05) is 6.54 Å². The van der Waals surface area contributed by atoms with Gasteiger partial charge >= 0.3 is 0 Å². The Morgan fingerprint density at radius 3 is 2.68 bits per heavy atom. The maximum absolute atomic E-state index is 13.4. The van der Waals surface area contributed by atoms with Crippen LogP contribution in [0, 0.1) is 5.82 Å². The van der Waals surface area contributed by atoms with Crippen LogP contribution in [-0.2, 0) is 4.79 Å². The van der Waals surface area contributed by atoms with Crippen LogP contribution in [0.15, 0.2) is 18.2 Å². The Morgan fingerprint density at radius 2 is 2.11 bits per heavy atom. The van der Waals surface area contributed by atoms with E-state index >= 15 is 0 Å². The highest BCUT2D eigenvalue weighted by molar-refractivity contribution is 6.33. The molecule has 0 saturated carbocycles. The van der Waals surface area contributed by atoms with Crippen LogP contribution < -0.4 is 10.6 Å². The highest BCUT2D eigenvalue weighted by Gasteiger charge is 2.16. The number of rotatable bonds is 5. The molecule has 2 amide bonds. The molecular formula is C12H14ClFN2O3. The Hall–Kier alpha value is -1.66. The molecule has 19 heavy (non-hydrogen) atoms. The Kier molecular flexibility index (Phi) is 5.72. The molecule has 0 bridgehead atoms. The van der Waals surface area contributed by atoms with Crippen molar-refractivity contribution in [3.05, 3.63) is 34.6 Å². The molecule has 104 valence electrons. The van der Waals surface area contributed by atoms with Gasteiger partial charge in [-0.05, 0) is 19.1 Å². The summed E-state index contributed by atoms with van der Waals surface area (Å²) in [6.07, 6.45) is -0.680. The molecule has 1 aromatic rings. The number of aliphatic hydroxyl groups is 1. The van der Waals surface area contributed by atoms with Gasteiger partial charge in [0.05, 0.1) is 23.2 Å². The molecule has 0 aliphatic carbocycles. The zero-order valence-electron chi connectivity index (χ0n) is 10.2. The molecule has 0 aliphatic heterocycles. The number of benzene rings is 1. The van der Waals surface area contributed by atoms with Crippen molar-refractivity contribution >= 4 is 23.4 Å². The first kappa shape index (κ1) is 15.4. The molecule has 0 aliphatic rings. The molecule has 7 heteroatoms. The summed E-state index contributed by atoms with van der Waals surface area (Å²) in [4.78, 5) is 23.0. The van der Waals surface area contributed by atoms with Gasteiger partial charge in [0.2, 0.25) is 5.91 Å². The quantitative estimate of drug-likeness (QED) is 0.746. The lowest BCUT2D eigenvalue weighted by atomic mass is 10.2. The van der Waals surface area contributed by atoms with Gasteiger partial charge in [0.15, 0.2) is 0 Å². The molecule has 5 nitrogen and oxygen atoms in total. The average molecular weight is 289 g/mol. The summed E-state index contributed by atoms with van der Waals surface area (Å²) in [5.74, 6) is -2.01. The van der Waals surface area contributed by atoms with Crippen molar-refractivity contribution in [2.24, 2.45) is 0 Å². The minimum Gasteiger partial charge on any atom is -0.392 e. The van der Waals surface area contributed by atoms with Crippen LogP contribution in [0.4, 0.5) is 4.39 Å². The van der Waals surface area contributed by atoms with Crippen LogP contribution in [0.2, 0.25) is 5.02 Å². The third-order valence-corrected chi connectivity index (χ3v) is 2.51. The van der Waals surface area contributed by atoms with Gasteiger partial charge in [-0.3, -0.25) is 9.59 Å². The predicted octanol–water partition coefficient (Wildman–Crippen LogP) is 0.706. The van der Waals surface area contributed by atoms with E-state index in [4.69, 9.17) is 16.7 Å². The highest BCUT2D eigenvalue weighted by atomic mass is 35.5. The van der Waals surface area contributed by atoms with Gasteiger partial charge in [-0.15, -0.1) is 0 Å². The predicted molar refractivity (Wildman–Crippen MR) is 68.4 cm³/mol. The topological polar surface area (TPSA) is 78.4 Å². The van der Waals surface area contributed by atoms with Crippen LogP contribution >= 0.6 is 11.6 Å². The molecule has 3 N–H and O–H groups in total. The summed E-state index contributed by atoms with van der Waals surface area (Å²) in [7, 11) is 0. The second kappa shape index (κ2) is 7.06. The van der Waals surface area contributed by atoms with Crippen molar-refractivity contribution in [1.29, 1.82) is 0 Å². The number of hydrogen-bond acceptors (Lipinski definition) is 3. The minimum atomic E-state index is -0.768. The van der Waals surface area contributed by atoms with Crippen molar-refractivity contribution in [1.82, 2.24) is 10.6 Å². The van der Waals surface area contributed by atoms with Crippen LogP contribution in [0.5, 0.6) is 0 Å². The summed E-state index contributed by atoms with van der Waals surface area (Å²) in [5.41, 5.74) is -0.299. The van der Waals surface area contributed by atoms with E-state index in [2.05, 4.69) is 10.6 Å². The van der Waals surface area contributed by atoms with E-state index in [-0.39, 0.29) is 23.7 Å². The van der Waals surface area contributed by atoms with Crippen LogP contribution in [0.3, 0.4) is 0 Å². The number of hydrogen-bond donors (Lipinski definition) is 3. The summed E-state index contributed by atoms with van der Waals surface area (Å²) in [5, 5.41) is 13.6. The zero-order valence-corrected chi connectivity index (χ0v) is 11.0. The Morgan fingerprint density at radius 1 is 1.42 bits per heavy atom. The molecule has 0 fully saturated rings. The summed E-state index contributed by atoms with van der Waals surface area (Å²) >= 11 is 5.71. The molecule has 0 saturated heterocycles. The molecule has 0 aromatic heterocycles. The molecule has 1 aromatic carbocycles. The highest BCUT2D eigenvalue weighted by Crippen LogP contribution is 2.18. The van der Waals surface area contributed by atoms with Gasteiger partial charge in [-0.25, -0.2) is 4.39 Å². The first-order chi connectivity index (χ1) is 8.91. The molecule has 0 spiro atoms. The monoisotopic (exact) mass is 288 g/mol. The standard InChI is InChI=1S/C12H14ClFN2O3/c1-7(17)5-15-10(18)6-16-12(19)11-8(13)3-2-4-9(11)14/h2-4,7,17H,5-6H2,1H3,(H,15,18)(H,16,19). The van der Waals surface area contributed by atoms with E-state index in [1.165, 1.54) is 19.1 Å². The van der Waals surface area contributed by atoms with Crippen molar-refractivity contribution in [2.45, 2.75) is 13.0 Å². The lowest BCUT2D eigenvalue weighted by molar-refractivity contribution is -0.120. The fourth-order valence-corrected chi connectivity index (χ4v) is 1.54. The third kappa shape index (κ3) is 4.84. The van der Waals surface area contributed by atoms with Crippen LogP contribution in [0.1, 0.15) is 17.3 Å². The van der Waals surface area contributed by atoms with Gasteiger partial charge in [-0.2, -0.15) is 0 Å². The van der Waals surface area contributed by atoms with Crippen molar-refractivity contribution in [3.8, 4) is 0 Å². The number of nitrogens with one attached hydrogen (secondary N) is 2. The van der Waals surface area contributed by atoms with Gasteiger partial charge < -0.3 is 15.7 Å². The molecule has 1 rings (SSSR count). The van der Waals surface area contributed by atoms with Crippen molar-refractivity contribution in [3.63, 3.8) is 0 Å². The lowest BCUT2D eigenvalue weighted by Gasteiger charge is -2.09. The third-order valence-electron chi connectivity index (χ3n) is 2.19. The van der Waals surface area contributed by atoms with Crippen molar-refractivity contribution in [2.75, 3.05) is 13.1 Å². The number of amides is 2. The molecule has 1 atom stereocenters. The SMILES string of the molecule is CC(O)CNC(=O)CNC(=O)c1c(F)cccc1Cl. The molecule has 1 unspecified atom stereocenters. The second-order valence-electron chi connectivity index (χ2n) is 3.93. The van der Waals surface area contributed by atoms with Gasteiger partial charge in [-0.1, -0.05) is 17.7 Å². The van der Waals surface area contributed by atoms with E-state index in [0.29, 0.717) is 0 Å². The van der Waals surface area contributed by atoms with E-state index in [1.54, 1.807) is 0 Å². The maximum atomic E-state index is 13.4. The number of carbonyl (C=O) groups excluding carboxylic acids is 2. The smallest absolute Gasteiger partial charge is 0.256 e.